The Morgan fingerprint density at radius 2 is 2.00 bits per heavy atom. The van der Waals surface area contributed by atoms with Gasteiger partial charge in [0.05, 0.1) is 12.0 Å². The minimum absolute atomic E-state index is 0. The van der Waals surface area contributed by atoms with Crippen molar-refractivity contribution < 1.29 is 66.0 Å². The molecule has 0 fully saturated rings. The van der Waals surface area contributed by atoms with E-state index in [2.05, 4.69) is 9.37 Å². The van der Waals surface area contributed by atoms with Gasteiger partial charge in [0, 0.05) is 4.90 Å². The SMILES string of the molecule is Cc1ccccc1SOO[O-].[K+]. The largest absolute Gasteiger partial charge is 1.00 e. The van der Waals surface area contributed by atoms with Crippen molar-refractivity contribution in [3.63, 3.8) is 0 Å². The third-order valence-corrected chi connectivity index (χ3v) is 2.01. The number of hydrogen-bond donors (Lipinski definition) is 0. The number of aryl methyl sites for hydroxylation is 1. The Morgan fingerprint density at radius 1 is 1.33 bits per heavy atom. The van der Waals surface area contributed by atoms with Crippen molar-refractivity contribution in [2.45, 2.75) is 11.8 Å². The first-order valence-corrected chi connectivity index (χ1v) is 3.77. The molecule has 0 aliphatic rings. The molecule has 0 amide bonds. The molecule has 1 aromatic carbocycles. The van der Waals surface area contributed by atoms with E-state index in [0.29, 0.717) is 0 Å². The van der Waals surface area contributed by atoms with E-state index in [4.69, 9.17) is 0 Å². The fourth-order valence-corrected chi connectivity index (χ4v) is 1.14. The second kappa shape index (κ2) is 7.49. The number of benzene rings is 1. The van der Waals surface area contributed by atoms with E-state index in [9.17, 15) is 5.26 Å². The Morgan fingerprint density at radius 3 is 2.58 bits per heavy atom. The summed E-state index contributed by atoms with van der Waals surface area (Å²) in [5, 5.41) is 12.7. The van der Waals surface area contributed by atoms with Crippen LogP contribution in [0.15, 0.2) is 29.2 Å². The van der Waals surface area contributed by atoms with E-state index in [1.54, 1.807) is 0 Å². The van der Waals surface area contributed by atoms with Crippen LogP contribution in [0.3, 0.4) is 0 Å². The van der Waals surface area contributed by atoms with Crippen LogP contribution in [0.2, 0.25) is 0 Å². The average molecular weight is 210 g/mol. The van der Waals surface area contributed by atoms with Crippen molar-refractivity contribution in [3.05, 3.63) is 29.8 Å². The molecule has 0 aliphatic heterocycles. The van der Waals surface area contributed by atoms with Crippen molar-refractivity contribution >= 4 is 12.0 Å². The van der Waals surface area contributed by atoms with E-state index in [1.165, 1.54) is 0 Å². The molecule has 1 rings (SSSR count). The molecule has 3 nitrogen and oxygen atoms in total. The normalized spacial score (nSPS) is 9.17. The molecule has 12 heavy (non-hydrogen) atoms. The van der Waals surface area contributed by atoms with Crippen LogP contribution in [0.4, 0.5) is 0 Å². The summed E-state index contributed by atoms with van der Waals surface area (Å²) in [7, 11) is 0. The molecular weight excluding hydrogens is 203 g/mol. The monoisotopic (exact) mass is 210 g/mol. The van der Waals surface area contributed by atoms with Gasteiger partial charge in [0.2, 0.25) is 0 Å². The summed E-state index contributed by atoms with van der Waals surface area (Å²) in [6.07, 6.45) is 0. The van der Waals surface area contributed by atoms with Crippen LogP contribution in [0, 0.1) is 6.92 Å². The van der Waals surface area contributed by atoms with Crippen LogP contribution in [-0.4, -0.2) is 0 Å². The van der Waals surface area contributed by atoms with Gasteiger partial charge in [-0.05, 0) is 18.6 Å². The summed E-state index contributed by atoms with van der Waals surface area (Å²) in [4.78, 5) is 0.878. The average Bonchev–Trinajstić information content (AvgIpc) is 2.03. The van der Waals surface area contributed by atoms with Crippen molar-refractivity contribution in [2.75, 3.05) is 0 Å². The van der Waals surface area contributed by atoms with Crippen molar-refractivity contribution in [3.8, 4) is 0 Å². The van der Waals surface area contributed by atoms with Gasteiger partial charge in [0.1, 0.15) is 0 Å². The van der Waals surface area contributed by atoms with Gasteiger partial charge in [-0.2, -0.15) is 4.33 Å². The summed E-state index contributed by atoms with van der Waals surface area (Å²) >= 11 is 0.912. The molecule has 0 saturated heterocycles. The van der Waals surface area contributed by atoms with Gasteiger partial charge in [0.25, 0.3) is 0 Å². The maximum Gasteiger partial charge on any atom is 1.00 e. The molecular formula is C7H7KO3S. The Bertz CT molecular complexity index is 232. The van der Waals surface area contributed by atoms with Crippen molar-refractivity contribution in [1.82, 2.24) is 0 Å². The topological polar surface area (TPSA) is 41.5 Å². The fraction of sp³-hybridized carbons (Fsp3) is 0.143. The number of hydrogen-bond acceptors (Lipinski definition) is 4. The molecule has 0 aromatic heterocycles. The van der Waals surface area contributed by atoms with Gasteiger partial charge in [-0.1, -0.05) is 18.2 Å². The molecule has 0 atom stereocenters. The van der Waals surface area contributed by atoms with E-state index < -0.39 is 0 Å². The number of rotatable bonds is 3. The molecule has 0 N–H and O–H groups in total. The first-order chi connectivity index (χ1) is 5.34. The summed E-state index contributed by atoms with van der Waals surface area (Å²) in [6.45, 7) is 1.93. The fourth-order valence-electron chi connectivity index (χ4n) is 0.700. The van der Waals surface area contributed by atoms with Crippen molar-refractivity contribution in [1.29, 1.82) is 0 Å². The van der Waals surface area contributed by atoms with Crippen molar-refractivity contribution in [2.24, 2.45) is 0 Å². The first-order valence-electron chi connectivity index (χ1n) is 3.03. The molecule has 0 radical (unpaired) electrons. The molecule has 60 valence electrons. The molecule has 0 unspecified atom stereocenters. The van der Waals surface area contributed by atoms with Crippen LogP contribution >= 0.6 is 12.0 Å². The molecule has 0 bridgehead atoms. The van der Waals surface area contributed by atoms with Gasteiger partial charge in [-0.25, -0.2) is 0 Å². The maximum atomic E-state index is 9.47. The molecule has 0 spiro atoms. The van der Waals surface area contributed by atoms with Gasteiger partial charge in [0.15, 0.2) is 0 Å². The molecule has 0 heterocycles. The summed E-state index contributed by atoms with van der Waals surface area (Å²) < 4.78 is 4.16. The minimum atomic E-state index is 0. The third kappa shape index (κ3) is 4.36. The summed E-state index contributed by atoms with van der Waals surface area (Å²) in [5.74, 6) is 0. The molecule has 0 saturated carbocycles. The standard InChI is InChI=1S/C7H8O3S.K/c1-6-4-2-3-5-7(6)11-10-9-8;/h2-5,8H,1H3;/q;+1/p-1. The first kappa shape index (κ1) is 13.1. The van der Waals surface area contributed by atoms with Crippen LogP contribution in [0.5, 0.6) is 0 Å². The second-order valence-electron chi connectivity index (χ2n) is 1.98. The van der Waals surface area contributed by atoms with Gasteiger partial charge >= 0.3 is 51.4 Å². The predicted molar refractivity (Wildman–Crippen MR) is 39.2 cm³/mol. The van der Waals surface area contributed by atoms with Crippen LogP contribution < -0.4 is 56.6 Å². The van der Waals surface area contributed by atoms with E-state index >= 15 is 0 Å². The zero-order chi connectivity index (χ0) is 8.10. The smallest absolute Gasteiger partial charge is 0.691 e. The third-order valence-electron chi connectivity index (χ3n) is 1.25. The predicted octanol–water partition coefficient (Wildman–Crippen LogP) is -1.77. The Balaban J connectivity index is 0.00000121. The van der Waals surface area contributed by atoms with Gasteiger partial charge < -0.3 is 5.26 Å². The molecule has 1 aromatic rings. The summed E-state index contributed by atoms with van der Waals surface area (Å²) in [6, 6.07) is 7.55. The van der Waals surface area contributed by atoms with E-state index in [1.807, 2.05) is 31.2 Å². The van der Waals surface area contributed by atoms with Gasteiger partial charge in [-0.15, -0.1) is 0 Å². The Labute approximate surface area is 118 Å². The van der Waals surface area contributed by atoms with Crippen LogP contribution in [0.25, 0.3) is 0 Å². The second-order valence-corrected chi connectivity index (χ2v) is 2.73. The molecule has 0 aliphatic carbocycles. The Kier molecular flexibility index (Phi) is 8.16. The quantitative estimate of drug-likeness (QED) is 0.256. The Hall–Kier alpha value is 1.09. The van der Waals surface area contributed by atoms with Crippen LogP contribution in [0.1, 0.15) is 5.56 Å². The minimum Gasteiger partial charge on any atom is -0.691 e. The zero-order valence-electron chi connectivity index (χ0n) is 6.94. The van der Waals surface area contributed by atoms with Gasteiger partial charge in [-0.3, -0.25) is 5.04 Å². The van der Waals surface area contributed by atoms with E-state index in [0.717, 1.165) is 22.5 Å². The molecule has 5 heteroatoms. The zero-order valence-corrected chi connectivity index (χ0v) is 10.9. The summed E-state index contributed by atoms with van der Waals surface area (Å²) in [5.41, 5.74) is 1.05. The van der Waals surface area contributed by atoms with E-state index in [-0.39, 0.29) is 51.4 Å². The van der Waals surface area contributed by atoms with Crippen LogP contribution in [-0.2, 0) is 9.37 Å². The maximum absolute atomic E-state index is 9.47.